The van der Waals surface area contributed by atoms with Crippen LogP contribution in [-0.4, -0.2) is 38.0 Å². The number of thiocarbonyl (C=S) groups is 1. The van der Waals surface area contributed by atoms with Crippen LogP contribution in [0.15, 0.2) is 66.2 Å². The van der Waals surface area contributed by atoms with E-state index in [9.17, 15) is 14.7 Å². The van der Waals surface area contributed by atoms with Gasteiger partial charge in [-0.2, -0.15) is 0 Å². The van der Waals surface area contributed by atoms with Gasteiger partial charge in [0.25, 0.3) is 11.8 Å². The first-order valence-electron chi connectivity index (χ1n) is 10.8. The molecule has 4 rings (SSSR count). The molecule has 1 fully saturated rings. The molecule has 0 aliphatic carbocycles. The summed E-state index contributed by atoms with van der Waals surface area (Å²) in [7, 11) is 0. The summed E-state index contributed by atoms with van der Waals surface area (Å²) in [5.74, 6) is -0.624. The lowest BCUT2D eigenvalue weighted by Gasteiger charge is -2.36. The van der Waals surface area contributed by atoms with Crippen molar-refractivity contribution in [3.05, 3.63) is 83.2 Å². The average molecular weight is 460 g/mol. The van der Waals surface area contributed by atoms with E-state index < -0.39 is 5.91 Å². The van der Waals surface area contributed by atoms with Crippen molar-refractivity contribution in [1.29, 1.82) is 0 Å². The summed E-state index contributed by atoms with van der Waals surface area (Å²) in [6, 6.07) is 18.0. The number of hydrogen-bond donors (Lipinski definition) is 1. The smallest absolute Gasteiger partial charge is 0.270 e. The van der Waals surface area contributed by atoms with Gasteiger partial charge in [-0.25, -0.2) is 0 Å². The number of carbonyl (C=O) groups excluding carboxylic acids is 2. The summed E-state index contributed by atoms with van der Waals surface area (Å²) >= 11 is 5.55. The first kappa shape index (κ1) is 22.5. The fraction of sp³-hybridized carbons (Fsp3) is 0.192. The van der Waals surface area contributed by atoms with Gasteiger partial charge in [-0.3, -0.25) is 19.4 Å². The monoisotopic (exact) mass is 459 g/mol. The number of phenols is 1. The normalized spacial score (nSPS) is 15.6. The number of nitrogens with zero attached hydrogens (tertiary/aromatic N) is 3. The van der Waals surface area contributed by atoms with Gasteiger partial charge < -0.3 is 9.67 Å². The van der Waals surface area contributed by atoms with Crippen LogP contribution in [0.3, 0.4) is 0 Å². The van der Waals surface area contributed by atoms with Crippen LogP contribution in [0.2, 0.25) is 0 Å². The molecule has 6 nitrogen and oxygen atoms in total. The van der Waals surface area contributed by atoms with Crippen molar-refractivity contribution in [2.45, 2.75) is 27.2 Å². The van der Waals surface area contributed by atoms with Crippen LogP contribution in [-0.2, 0) is 9.59 Å². The average Bonchev–Trinajstić information content (AvgIpc) is 3.08. The SMILES string of the molecule is CCCN1C(=O)/C(=C\c2cc(C)n(-c3ccc(O)cc3)c2C)C(=O)N(c2ccccc2)C1=S. The van der Waals surface area contributed by atoms with Gasteiger partial charge in [0.2, 0.25) is 0 Å². The minimum atomic E-state index is -0.432. The molecule has 1 aliphatic heterocycles. The molecule has 1 aromatic heterocycles. The van der Waals surface area contributed by atoms with E-state index in [2.05, 4.69) is 0 Å². The van der Waals surface area contributed by atoms with E-state index >= 15 is 0 Å². The molecule has 2 amide bonds. The van der Waals surface area contributed by atoms with Gasteiger partial charge in [-0.05, 0) is 86.6 Å². The Balaban J connectivity index is 1.81. The second-order valence-corrected chi connectivity index (χ2v) is 8.32. The molecule has 0 unspecified atom stereocenters. The topological polar surface area (TPSA) is 65.8 Å². The highest BCUT2D eigenvalue weighted by Gasteiger charge is 2.40. The predicted octanol–water partition coefficient (Wildman–Crippen LogP) is 4.75. The predicted molar refractivity (Wildman–Crippen MR) is 133 cm³/mol. The van der Waals surface area contributed by atoms with E-state index in [1.807, 2.05) is 61.7 Å². The molecule has 0 spiro atoms. The van der Waals surface area contributed by atoms with Crippen LogP contribution in [0, 0.1) is 13.8 Å². The number of para-hydroxylation sites is 1. The molecule has 1 N–H and O–H groups in total. The maximum Gasteiger partial charge on any atom is 0.270 e. The number of aromatic nitrogens is 1. The van der Waals surface area contributed by atoms with E-state index in [4.69, 9.17) is 12.2 Å². The summed E-state index contributed by atoms with van der Waals surface area (Å²) in [6.07, 6.45) is 2.37. The van der Waals surface area contributed by atoms with Gasteiger partial charge in [0.1, 0.15) is 11.3 Å². The third kappa shape index (κ3) is 4.07. The van der Waals surface area contributed by atoms with E-state index in [0.717, 1.165) is 22.6 Å². The number of benzene rings is 2. The Kier molecular flexibility index (Phi) is 6.16. The quantitative estimate of drug-likeness (QED) is 0.340. The third-order valence-corrected chi connectivity index (χ3v) is 6.07. The number of phenolic OH excluding ortho intramolecular Hbond substituents is 1. The number of anilines is 1. The van der Waals surface area contributed by atoms with Crippen LogP contribution < -0.4 is 4.90 Å². The lowest BCUT2D eigenvalue weighted by atomic mass is 10.1. The zero-order chi connectivity index (χ0) is 23.7. The number of rotatable bonds is 5. The van der Waals surface area contributed by atoms with E-state index in [1.165, 1.54) is 9.80 Å². The largest absolute Gasteiger partial charge is 0.508 e. The minimum absolute atomic E-state index is 0.0758. The van der Waals surface area contributed by atoms with Gasteiger partial charge in [0.15, 0.2) is 5.11 Å². The Labute approximate surface area is 198 Å². The molecule has 0 saturated carbocycles. The highest BCUT2D eigenvalue weighted by atomic mass is 32.1. The number of hydrogen-bond acceptors (Lipinski definition) is 4. The molecule has 2 aromatic carbocycles. The molecule has 168 valence electrons. The van der Waals surface area contributed by atoms with Gasteiger partial charge >= 0.3 is 0 Å². The number of amides is 2. The standard InChI is InChI=1S/C26H25N3O3S/c1-4-14-27-24(31)23(25(32)29(26(27)33)20-8-6-5-7-9-20)16-19-15-17(2)28(18(19)3)21-10-12-22(30)13-11-21/h5-13,15-16,30H,4,14H2,1-3H3/b23-16+. The first-order chi connectivity index (χ1) is 15.8. The van der Waals surface area contributed by atoms with Crippen molar-refractivity contribution in [3.63, 3.8) is 0 Å². The molecule has 0 bridgehead atoms. The van der Waals surface area contributed by atoms with Crippen molar-refractivity contribution in [1.82, 2.24) is 9.47 Å². The molecule has 3 aromatic rings. The van der Waals surface area contributed by atoms with Gasteiger partial charge in [0, 0.05) is 23.6 Å². The fourth-order valence-electron chi connectivity index (χ4n) is 4.09. The number of aryl methyl sites for hydroxylation is 1. The molecular formula is C26H25N3O3S. The zero-order valence-electron chi connectivity index (χ0n) is 18.8. The molecule has 0 radical (unpaired) electrons. The third-order valence-electron chi connectivity index (χ3n) is 5.67. The molecule has 2 heterocycles. The van der Waals surface area contributed by atoms with Gasteiger partial charge in [0.05, 0.1) is 5.69 Å². The van der Waals surface area contributed by atoms with Gasteiger partial charge in [-0.15, -0.1) is 0 Å². The molecule has 1 aliphatic rings. The van der Waals surface area contributed by atoms with Crippen LogP contribution >= 0.6 is 12.2 Å². The van der Waals surface area contributed by atoms with Crippen molar-refractivity contribution < 1.29 is 14.7 Å². The van der Waals surface area contributed by atoms with Crippen molar-refractivity contribution in [2.75, 3.05) is 11.4 Å². The van der Waals surface area contributed by atoms with Crippen LogP contribution in [0.4, 0.5) is 5.69 Å². The summed E-state index contributed by atoms with van der Waals surface area (Å²) in [6.45, 7) is 6.29. The lowest BCUT2D eigenvalue weighted by Crippen LogP contribution is -2.56. The van der Waals surface area contributed by atoms with Crippen LogP contribution in [0.5, 0.6) is 5.75 Å². The summed E-state index contributed by atoms with van der Waals surface area (Å²) < 4.78 is 2.02. The van der Waals surface area contributed by atoms with Crippen molar-refractivity contribution in [3.8, 4) is 11.4 Å². The molecule has 0 atom stereocenters. The molecule has 7 heteroatoms. The Hall–Kier alpha value is -3.71. The number of aromatic hydroxyl groups is 1. The number of carbonyl (C=O) groups is 2. The highest BCUT2D eigenvalue weighted by molar-refractivity contribution is 7.80. The summed E-state index contributed by atoms with van der Waals surface area (Å²) in [5.41, 5.74) is 4.19. The van der Waals surface area contributed by atoms with Crippen LogP contribution in [0.1, 0.15) is 30.3 Å². The van der Waals surface area contributed by atoms with E-state index in [1.54, 1.807) is 30.3 Å². The first-order valence-corrected chi connectivity index (χ1v) is 11.2. The maximum absolute atomic E-state index is 13.5. The van der Waals surface area contributed by atoms with E-state index in [-0.39, 0.29) is 22.3 Å². The fourth-order valence-corrected chi connectivity index (χ4v) is 4.45. The highest BCUT2D eigenvalue weighted by Crippen LogP contribution is 2.29. The molecule has 1 saturated heterocycles. The Morgan fingerprint density at radius 1 is 0.939 bits per heavy atom. The Morgan fingerprint density at radius 3 is 2.24 bits per heavy atom. The molecule has 33 heavy (non-hydrogen) atoms. The minimum Gasteiger partial charge on any atom is -0.508 e. The maximum atomic E-state index is 13.5. The summed E-state index contributed by atoms with van der Waals surface area (Å²) in [4.78, 5) is 29.7. The second kappa shape index (κ2) is 9.03. The second-order valence-electron chi connectivity index (χ2n) is 7.95. The Morgan fingerprint density at radius 2 is 1.61 bits per heavy atom. The van der Waals surface area contributed by atoms with Crippen molar-refractivity contribution in [2.24, 2.45) is 0 Å². The van der Waals surface area contributed by atoms with Gasteiger partial charge in [-0.1, -0.05) is 25.1 Å². The molecular weight excluding hydrogens is 434 g/mol. The lowest BCUT2D eigenvalue weighted by molar-refractivity contribution is -0.127. The van der Waals surface area contributed by atoms with Crippen molar-refractivity contribution >= 4 is 40.9 Å². The van der Waals surface area contributed by atoms with E-state index in [0.29, 0.717) is 18.7 Å². The van der Waals surface area contributed by atoms with Crippen LogP contribution in [0.25, 0.3) is 11.8 Å². The zero-order valence-corrected chi connectivity index (χ0v) is 19.6. The summed E-state index contributed by atoms with van der Waals surface area (Å²) in [5, 5.41) is 9.82. The Bertz CT molecular complexity index is 1260.